The quantitative estimate of drug-likeness (QED) is 0.680. The van der Waals surface area contributed by atoms with Crippen molar-refractivity contribution in [3.8, 4) is 5.69 Å². The smallest absolute Gasteiger partial charge is 0.352 e. The zero-order valence-electron chi connectivity index (χ0n) is 9.55. The maximum Gasteiger partial charge on any atom is 0.352 e. The van der Waals surface area contributed by atoms with Crippen LogP contribution in [0.25, 0.3) is 5.69 Å². The van der Waals surface area contributed by atoms with E-state index in [0.717, 1.165) is 9.26 Å². The number of carbonyl (C=O) groups excluding carboxylic acids is 1. The molecule has 0 atom stereocenters. The number of carboxylic acids is 1. The highest BCUT2D eigenvalue weighted by Gasteiger charge is 2.15. The molecule has 0 aliphatic heterocycles. The summed E-state index contributed by atoms with van der Waals surface area (Å²) in [5.41, 5.74) is 1.21. The summed E-state index contributed by atoms with van der Waals surface area (Å²) in [6.45, 7) is 1.42. The van der Waals surface area contributed by atoms with Gasteiger partial charge in [0.15, 0.2) is 5.78 Å². The van der Waals surface area contributed by atoms with Crippen molar-refractivity contribution < 1.29 is 14.7 Å². The van der Waals surface area contributed by atoms with Gasteiger partial charge in [0, 0.05) is 21.0 Å². The minimum Gasteiger partial charge on any atom is -0.477 e. The standard InChI is InChI=1S/C13H10INO3/c1-8(16)9-5-12(13(17)18)15(7-9)11-4-2-3-10(14)6-11/h2-7H,1H3,(H,17,18). The van der Waals surface area contributed by atoms with Crippen LogP contribution in [0, 0.1) is 3.57 Å². The van der Waals surface area contributed by atoms with Crippen molar-refractivity contribution in [3.63, 3.8) is 0 Å². The minimum atomic E-state index is -1.05. The van der Waals surface area contributed by atoms with E-state index in [1.54, 1.807) is 12.3 Å². The van der Waals surface area contributed by atoms with E-state index in [1.165, 1.54) is 17.6 Å². The molecular weight excluding hydrogens is 345 g/mol. The molecule has 0 aliphatic carbocycles. The third-order valence-corrected chi connectivity index (χ3v) is 3.20. The number of nitrogens with zero attached hydrogens (tertiary/aromatic N) is 1. The van der Waals surface area contributed by atoms with E-state index < -0.39 is 5.97 Å². The summed E-state index contributed by atoms with van der Waals surface area (Å²) >= 11 is 2.15. The van der Waals surface area contributed by atoms with Crippen LogP contribution in [0.3, 0.4) is 0 Å². The maximum atomic E-state index is 11.3. The molecule has 0 bridgehead atoms. The summed E-state index contributed by atoms with van der Waals surface area (Å²) in [5, 5.41) is 9.16. The molecule has 1 N–H and O–H groups in total. The number of carboxylic acid groups (broad SMARTS) is 1. The van der Waals surface area contributed by atoms with Crippen LogP contribution in [-0.2, 0) is 0 Å². The van der Waals surface area contributed by atoms with Crippen LogP contribution in [0.1, 0.15) is 27.8 Å². The van der Waals surface area contributed by atoms with Gasteiger partial charge < -0.3 is 9.67 Å². The molecule has 0 spiro atoms. The molecule has 18 heavy (non-hydrogen) atoms. The second-order valence-electron chi connectivity index (χ2n) is 3.83. The summed E-state index contributed by atoms with van der Waals surface area (Å²) in [5.74, 6) is -1.21. The Labute approximate surface area is 117 Å². The largest absolute Gasteiger partial charge is 0.477 e. The van der Waals surface area contributed by atoms with Crippen LogP contribution in [-0.4, -0.2) is 21.4 Å². The lowest BCUT2D eigenvalue weighted by molar-refractivity contribution is 0.0688. The third-order valence-electron chi connectivity index (χ3n) is 2.53. The number of benzene rings is 1. The molecule has 1 heterocycles. The van der Waals surface area contributed by atoms with Crippen LogP contribution in [0.5, 0.6) is 0 Å². The number of halogens is 1. The molecular formula is C13H10INO3. The Bertz CT molecular complexity index is 631. The van der Waals surface area contributed by atoms with E-state index >= 15 is 0 Å². The van der Waals surface area contributed by atoms with Crippen molar-refractivity contribution in [3.05, 3.63) is 51.4 Å². The van der Waals surface area contributed by atoms with Gasteiger partial charge >= 0.3 is 5.97 Å². The zero-order chi connectivity index (χ0) is 13.3. The first-order valence-corrected chi connectivity index (χ1v) is 6.29. The molecule has 4 nitrogen and oxygen atoms in total. The maximum absolute atomic E-state index is 11.3. The Balaban J connectivity index is 2.62. The van der Waals surface area contributed by atoms with Crippen LogP contribution < -0.4 is 0 Å². The van der Waals surface area contributed by atoms with Crippen molar-refractivity contribution in [2.75, 3.05) is 0 Å². The zero-order valence-corrected chi connectivity index (χ0v) is 11.7. The van der Waals surface area contributed by atoms with Gasteiger partial charge in [-0.15, -0.1) is 0 Å². The van der Waals surface area contributed by atoms with Gasteiger partial charge in [-0.2, -0.15) is 0 Å². The van der Waals surface area contributed by atoms with Crippen molar-refractivity contribution >= 4 is 34.3 Å². The molecule has 0 aliphatic rings. The molecule has 2 aromatic rings. The molecule has 0 radical (unpaired) electrons. The fourth-order valence-electron chi connectivity index (χ4n) is 1.66. The van der Waals surface area contributed by atoms with Gasteiger partial charge in [-0.1, -0.05) is 6.07 Å². The molecule has 0 amide bonds. The number of ketones is 1. The SMILES string of the molecule is CC(=O)c1cc(C(=O)O)n(-c2cccc(I)c2)c1. The molecule has 1 aromatic carbocycles. The van der Waals surface area contributed by atoms with Crippen LogP contribution >= 0.6 is 22.6 Å². The van der Waals surface area contributed by atoms with Gasteiger partial charge in [0.25, 0.3) is 0 Å². The second-order valence-corrected chi connectivity index (χ2v) is 5.07. The summed E-state index contributed by atoms with van der Waals surface area (Å²) in [4.78, 5) is 22.5. The van der Waals surface area contributed by atoms with E-state index in [-0.39, 0.29) is 11.5 Å². The van der Waals surface area contributed by atoms with E-state index in [9.17, 15) is 9.59 Å². The van der Waals surface area contributed by atoms with Crippen LogP contribution in [0.4, 0.5) is 0 Å². The van der Waals surface area contributed by atoms with E-state index in [1.807, 2.05) is 18.2 Å². The van der Waals surface area contributed by atoms with Crippen molar-refractivity contribution in [1.29, 1.82) is 0 Å². The first-order chi connectivity index (χ1) is 8.49. The topological polar surface area (TPSA) is 59.3 Å². The van der Waals surface area contributed by atoms with Gasteiger partial charge in [-0.25, -0.2) is 4.79 Å². The fraction of sp³-hybridized carbons (Fsp3) is 0.0769. The number of aromatic carboxylic acids is 1. The third kappa shape index (κ3) is 2.45. The number of aromatic nitrogens is 1. The van der Waals surface area contributed by atoms with Gasteiger partial charge in [0.2, 0.25) is 0 Å². The Morgan fingerprint density at radius 1 is 1.28 bits per heavy atom. The molecule has 0 fully saturated rings. The highest BCUT2D eigenvalue weighted by molar-refractivity contribution is 14.1. The normalized spacial score (nSPS) is 10.3. The average Bonchev–Trinajstić information content (AvgIpc) is 2.73. The predicted molar refractivity (Wildman–Crippen MR) is 75.4 cm³/mol. The van der Waals surface area contributed by atoms with Crippen LogP contribution in [0.2, 0.25) is 0 Å². The minimum absolute atomic E-state index is 0.0854. The lowest BCUT2D eigenvalue weighted by atomic mass is 10.2. The molecule has 0 saturated heterocycles. The number of hydrogen-bond acceptors (Lipinski definition) is 2. The van der Waals surface area contributed by atoms with Gasteiger partial charge in [-0.3, -0.25) is 4.79 Å². The molecule has 1 aromatic heterocycles. The Kier molecular flexibility index (Phi) is 3.51. The average molecular weight is 355 g/mol. The number of Topliss-reactive ketones (excluding diaryl/α,β-unsaturated/α-hetero) is 1. The van der Waals surface area contributed by atoms with E-state index in [0.29, 0.717) is 5.56 Å². The molecule has 92 valence electrons. The number of carbonyl (C=O) groups is 2. The van der Waals surface area contributed by atoms with E-state index in [4.69, 9.17) is 5.11 Å². The first-order valence-electron chi connectivity index (χ1n) is 5.21. The Morgan fingerprint density at radius 3 is 2.56 bits per heavy atom. The highest BCUT2D eigenvalue weighted by atomic mass is 127. The van der Waals surface area contributed by atoms with Gasteiger partial charge in [0.1, 0.15) is 5.69 Å². The summed E-state index contributed by atoms with van der Waals surface area (Å²) < 4.78 is 2.51. The molecule has 0 saturated carbocycles. The van der Waals surface area contributed by atoms with Gasteiger partial charge in [-0.05, 0) is 53.8 Å². The molecule has 0 unspecified atom stereocenters. The highest BCUT2D eigenvalue weighted by Crippen LogP contribution is 2.18. The first kappa shape index (κ1) is 12.8. The second kappa shape index (κ2) is 4.93. The number of hydrogen-bond donors (Lipinski definition) is 1. The summed E-state index contributed by atoms with van der Waals surface area (Å²) in [6, 6.07) is 8.82. The fourth-order valence-corrected chi connectivity index (χ4v) is 2.19. The van der Waals surface area contributed by atoms with Gasteiger partial charge in [0.05, 0.1) is 0 Å². The van der Waals surface area contributed by atoms with Crippen molar-refractivity contribution in [2.24, 2.45) is 0 Å². The summed E-state index contributed by atoms with van der Waals surface area (Å²) in [6.07, 6.45) is 1.55. The Morgan fingerprint density at radius 2 is 2.00 bits per heavy atom. The number of rotatable bonds is 3. The Hall–Kier alpha value is -1.63. The lowest BCUT2D eigenvalue weighted by Gasteiger charge is -2.06. The van der Waals surface area contributed by atoms with Crippen molar-refractivity contribution in [2.45, 2.75) is 6.92 Å². The van der Waals surface area contributed by atoms with Crippen LogP contribution in [0.15, 0.2) is 36.5 Å². The molecule has 2 rings (SSSR count). The van der Waals surface area contributed by atoms with Crippen molar-refractivity contribution in [1.82, 2.24) is 4.57 Å². The monoisotopic (exact) mass is 355 g/mol. The molecule has 5 heteroatoms. The summed E-state index contributed by atoms with van der Waals surface area (Å²) in [7, 11) is 0. The lowest BCUT2D eigenvalue weighted by Crippen LogP contribution is -2.05. The predicted octanol–water partition coefficient (Wildman–Crippen LogP) is 2.98. The van der Waals surface area contributed by atoms with E-state index in [2.05, 4.69) is 22.6 Å².